The largest absolute Gasteiger partial charge is 0.459 e. The van der Waals surface area contributed by atoms with Gasteiger partial charge in [-0.1, -0.05) is 24.3 Å². The number of thiocarbonyl (C=S) groups is 1. The summed E-state index contributed by atoms with van der Waals surface area (Å²) in [5, 5.41) is 9.20. The number of amides is 1. The van der Waals surface area contributed by atoms with Crippen LogP contribution in [-0.2, 0) is 4.79 Å². The van der Waals surface area contributed by atoms with E-state index in [2.05, 4.69) is 16.0 Å². The lowest BCUT2D eigenvalue weighted by Gasteiger charge is -2.28. The lowest BCUT2D eigenvalue weighted by Crippen LogP contribution is -2.45. The number of furan rings is 1. The summed E-state index contributed by atoms with van der Waals surface area (Å²) in [6.45, 7) is 3.27. The Bertz CT molecular complexity index is 1230. The maximum Gasteiger partial charge on any atom is 0.255 e. The highest BCUT2D eigenvalue weighted by molar-refractivity contribution is 7.80. The van der Waals surface area contributed by atoms with Crippen molar-refractivity contribution < 1.29 is 18.4 Å². The highest BCUT2D eigenvalue weighted by atomic mass is 32.1. The fourth-order valence-electron chi connectivity index (χ4n) is 3.47. The van der Waals surface area contributed by atoms with Gasteiger partial charge in [-0.25, -0.2) is 4.39 Å². The van der Waals surface area contributed by atoms with Gasteiger partial charge < -0.3 is 20.4 Å². The van der Waals surface area contributed by atoms with Crippen LogP contribution >= 0.6 is 12.2 Å². The SMILES string of the molecule is CC(=O)c1ccc(-c2ccc(C3NC(=S)NC(C)=C3C(=O)Nc3ccc(F)cc3)o2)cc1. The second kappa shape index (κ2) is 8.76. The van der Waals surface area contributed by atoms with Gasteiger partial charge in [0.2, 0.25) is 0 Å². The molecule has 0 saturated heterocycles. The number of benzene rings is 2. The maximum atomic E-state index is 13.2. The normalized spacial score (nSPS) is 15.7. The van der Waals surface area contributed by atoms with Crippen molar-refractivity contribution in [2.45, 2.75) is 19.9 Å². The molecule has 1 atom stereocenters. The molecule has 1 aliphatic heterocycles. The molecule has 0 bridgehead atoms. The summed E-state index contributed by atoms with van der Waals surface area (Å²) in [7, 11) is 0. The van der Waals surface area contributed by atoms with Crippen molar-refractivity contribution in [1.82, 2.24) is 10.6 Å². The molecule has 1 aliphatic rings. The van der Waals surface area contributed by atoms with Crippen molar-refractivity contribution in [3.05, 3.63) is 89.1 Å². The first kappa shape index (κ1) is 21.5. The van der Waals surface area contributed by atoms with Gasteiger partial charge in [0.05, 0.1) is 5.57 Å². The summed E-state index contributed by atoms with van der Waals surface area (Å²) in [5.74, 6) is 0.328. The Morgan fingerprint density at radius 1 is 1.03 bits per heavy atom. The smallest absolute Gasteiger partial charge is 0.255 e. The van der Waals surface area contributed by atoms with Crippen molar-refractivity contribution in [3.8, 4) is 11.3 Å². The van der Waals surface area contributed by atoms with Gasteiger partial charge in [-0.3, -0.25) is 9.59 Å². The van der Waals surface area contributed by atoms with Crippen LogP contribution in [0.2, 0.25) is 0 Å². The van der Waals surface area contributed by atoms with E-state index < -0.39 is 6.04 Å². The van der Waals surface area contributed by atoms with E-state index in [9.17, 15) is 14.0 Å². The standard InChI is InChI=1S/C24H20FN3O3S/c1-13-21(23(30)27-18-9-7-17(25)8-10-18)22(28-24(32)26-13)20-12-11-19(31-20)16-5-3-15(4-6-16)14(2)29/h3-12,22H,1-2H3,(H,27,30)(H2,26,28,32). The number of hydrogen-bond acceptors (Lipinski definition) is 4. The predicted octanol–water partition coefficient (Wildman–Crippen LogP) is 4.72. The molecule has 32 heavy (non-hydrogen) atoms. The molecule has 0 aliphatic carbocycles. The van der Waals surface area contributed by atoms with Gasteiger partial charge in [0, 0.05) is 22.5 Å². The summed E-state index contributed by atoms with van der Waals surface area (Å²) in [6.07, 6.45) is 0. The number of Topliss-reactive ketones (excluding diaryl/α,β-unsaturated/α-hetero) is 1. The van der Waals surface area contributed by atoms with Crippen molar-refractivity contribution in [2.24, 2.45) is 0 Å². The molecule has 0 radical (unpaired) electrons. The predicted molar refractivity (Wildman–Crippen MR) is 123 cm³/mol. The average Bonchev–Trinajstić information content (AvgIpc) is 3.25. The molecule has 8 heteroatoms. The summed E-state index contributed by atoms with van der Waals surface area (Å²) in [5.41, 5.74) is 2.87. The number of rotatable bonds is 5. The lowest BCUT2D eigenvalue weighted by atomic mass is 10.00. The van der Waals surface area contributed by atoms with Crippen LogP contribution in [0.5, 0.6) is 0 Å². The summed E-state index contributed by atoms with van der Waals surface area (Å²) >= 11 is 5.28. The number of carbonyl (C=O) groups excluding carboxylic acids is 2. The first-order chi connectivity index (χ1) is 15.3. The third-order valence-corrected chi connectivity index (χ3v) is 5.32. The Balaban J connectivity index is 1.62. The number of hydrogen-bond donors (Lipinski definition) is 3. The highest BCUT2D eigenvalue weighted by Crippen LogP contribution is 2.32. The molecule has 2 aromatic carbocycles. The number of halogens is 1. The zero-order valence-electron chi connectivity index (χ0n) is 17.4. The quantitative estimate of drug-likeness (QED) is 0.386. The van der Waals surface area contributed by atoms with E-state index >= 15 is 0 Å². The Hall–Kier alpha value is -3.78. The van der Waals surface area contributed by atoms with E-state index in [0.717, 1.165) is 5.56 Å². The van der Waals surface area contributed by atoms with Crippen molar-refractivity contribution in [1.29, 1.82) is 0 Å². The van der Waals surface area contributed by atoms with Crippen LogP contribution in [0.15, 0.2) is 76.4 Å². The fourth-order valence-corrected chi connectivity index (χ4v) is 3.74. The number of anilines is 1. The van der Waals surface area contributed by atoms with Crippen LogP contribution in [0.3, 0.4) is 0 Å². The molecule has 1 unspecified atom stereocenters. The molecular formula is C24H20FN3O3S. The van der Waals surface area contributed by atoms with Gasteiger partial charge in [-0.2, -0.15) is 0 Å². The number of nitrogens with one attached hydrogen (secondary N) is 3. The molecule has 2 heterocycles. The summed E-state index contributed by atoms with van der Waals surface area (Å²) in [4.78, 5) is 24.6. The van der Waals surface area contributed by atoms with Gasteiger partial charge in [0.15, 0.2) is 10.9 Å². The molecule has 3 aromatic rings. The van der Waals surface area contributed by atoms with Crippen LogP contribution in [0.4, 0.5) is 10.1 Å². The molecule has 3 N–H and O–H groups in total. The molecular weight excluding hydrogens is 429 g/mol. The molecule has 0 spiro atoms. The minimum atomic E-state index is -0.616. The zero-order chi connectivity index (χ0) is 22.8. The second-order valence-corrected chi connectivity index (χ2v) is 7.77. The van der Waals surface area contributed by atoms with Crippen LogP contribution in [0, 0.1) is 5.82 Å². The van der Waals surface area contributed by atoms with E-state index in [-0.39, 0.29) is 17.5 Å². The number of ketones is 1. The zero-order valence-corrected chi connectivity index (χ0v) is 18.2. The Morgan fingerprint density at radius 2 is 1.72 bits per heavy atom. The topological polar surface area (TPSA) is 83.4 Å². The van der Waals surface area contributed by atoms with Gasteiger partial charge in [0.1, 0.15) is 23.4 Å². The fraction of sp³-hybridized carbons (Fsp3) is 0.125. The highest BCUT2D eigenvalue weighted by Gasteiger charge is 2.32. The maximum absolute atomic E-state index is 13.2. The Morgan fingerprint density at radius 3 is 2.38 bits per heavy atom. The van der Waals surface area contributed by atoms with Crippen molar-refractivity contribution in [3.63, 3.8) is 0 Å². The number of carbonyl (C=O) groups is 2. The van der Waals surface area contributed by atoms with Gasteiger partial charge in [-0.05, 0) is 62.5 Å². The Kier molecular flexibility index (Phi) is 5.87. The lowest BCUT2D eigenvalue weighted by molar-refractivity contribution is -0.113. The third kappa shape index (κ3) is 4.45. The van der Waals surface area contributed by atoms with E-state index in [1.807, 2.05) is 12.1 Å². The van der Waals surface area contributed by atoms with Crippen LogP contribution in [-0.4, -0.2) is 16.8 Å². The first-order valence-electron chi connectivity index (χ1n) is 9.88. The van der Waals surface area contributed by atoms with Gasteiger partial charge >= 0.3 is 0 Å². The molecule has 1 amide bonds. The molecule has 4 rings (SSSR count). The minimum absolute atomic E-state index is 0.0125. The second-order valence-electron chi connectivity index (χ2n) is 7.37. The van der Waals surface area contributed by atoms with Crippen molar-refractivity contribution >= 4 is 34.7 Å². The van der Waals surface area contributed by atoms with Crippen molar-refractivity contribution in [2.75, 3.05) is 5.32 Å². The van der Waals surface area contributed by atoms with E-state index in [1.165, 1.54) is 31.2 Å². The molecule has 0 fully saturated rings. The van der Waals surface area contributed by atoms with Crippen LogP contribution in [0.1, 0.15) is 36.0 Å². The molecule has 6 nitrogen and oxygen atoms in total. The molecule has 162 valence electrons. The van der Waals surface area contributed by atoms with Crippen LogP contribution < -0.4 is 16.0 Å². The molecule has 0 saturated carbocycles. The van der Waals surface area contributed by atoms with Crippen LogP contribution in [0.25, 0.3) is 11.3 Å². The minimum Gasteiger partial charge on any atom is -0.459 e. The summed E-state index contributed by atoms with van der Waals surface area (Å²) < 4.78 is 19.2. The average molecular weight is 450 g/mol. The van der Waals surface area contributed by atoms with Gasteiger partial charge in [-0.15, -0.1) is 0 Å². The summed E-state index contributed by atoms with van der Waals surface area (Å²) in [6, 6.07) is 15.6. The van der Waals surface area contributed by atoms with Gasteiger partial charge in [0.25, 0.3) is 5.91 Å². The third-order valence-electron chi connectivity index (χ3n) is 5.10. The first-order valence-corrected chi connectivity index (χ1v) is 10.3. The molecule has 1 aromatic heterocycles. The number of allylic oxidation sites excluding steroid dienone is 1. The Labute approximate surface area is 189 Å². The van der Waals surface area contributed by atoms with E-state index in [4.69, 9.17) is 16.6 Å². The van der Waals surface area contributed by atoms with E-state index in [1.54, 1.807) is 31.2 Å². The monoisotopic (exact) mass is 449 g/mol. The van der Waals surface area contributed by atoms with E-state index in [0.29, 0.717) is 39.2 Å².